The van der Waals surface area contributed by atoms with Crippen LogP contribution in [-0.4, -0.2) is 54.3 Å². The molecule has 2 fully saturated rings. The monoisotopic (exact) mass is 528 g/mol. The number of hydrogen-bond acceptors (Lipinski definition) is 7. The van der Waals surface area contributed by atoms with Gasteiger partial charge in [0.25, 0.3) is 5.91 Å². The van der Waals surface area contributed by atoms with Crippen LogP contribution in [0.25, 0.3) is 0 Å². The first-order valence-corrected chi connectivity index (χ1v) is 12.2. The minimum atomic E-state index is -1.57. The van der Waals surface area contributed by atoms with Crippen LogP contribution >= 0.6 is 23.2 Å². The van der Waals surface area contributed by atoms with Crippen molar-refractivity contribution in [2.45, 2.75) is 58.2 Å². The average molecular weight is 529 g/mol. The van der Waals surface area contributed by atoms with E-state index in [1.54, 1.807) is 34.6 Å². The van der Waals surface area contributed by atoms with Crippen molar-refractivity contribution in [1.29, 1.82) is 0 Å². The number of alkyl carbamates (subject to hydrolysis) is 1. The number of hydrogen-bond donors (Lipinski definition) is 2. The standard InChI is InChI=1S/C24H30Cl2N2O7/c1-6-33-20(30)17-16-15(27-19(29)12-8-9-13(25)14(26)10-12)11-24(18(16)17,21(31)34-7-2)28-22(32)35-23(3,4)5/h8-10,15-18H,6-7,11H2,1-5H3,(H,27,29)(H,28,32). The zero-order chi connectivity index (χ0) is 26.1. The lowest BCUT2D eigenvalue weighted by Gasteiger charge is -2.33. The number of esters is 2. The summed E-state index contributed by atoms with van der Waals surface area (Å²) in [5.41, 5.74) is -2.13. The largest absolute Gasteiger partial charge is 0.466 e. The Bertz CT molecular complexity index is 1030. The minimum Gasteiger partial charge on any atom is -0.466 e. The van der Waals surface area contributed by atoms with Crippen LogP contribution in [0, 0.1) is 17.8 Å². The van der Waals surface area contributed by atoms with Crippen LogP contribution in [0.5, 0.6) is 0 Å². The summed E-state index contributed by atoms with van der Waals surface area (Å²) in [5.74, 6) is -3.44. The molecule has 2 saturated carbocycles. The molecular formula is C24H30Cl2N2O7. The van der Waals surface area contributed by atoms with Gasteiger partial charge in [-0.25, -0.2) is 9.59 Å². The highest BCUT2D eigenvalue weighted by Crippen LogP contribution is 2.63. The Morgan fingerprint density at radius 3 is 2.29 bits per heavy atom. The first-order chi connectivity index (χ1) is 16.3. The first-order valence-electron chi connectivity index (χ1n) is 11.5. The lowest BCUT2D eigenvalue weighted by molar-refractivity contribution is -0.153. The van der Waals surface area contributed by atoms with Crippen LogP contribution in [0.1, 0.15) is 51.4 Å². The van der Waals surface area contributed by atoms with E-state index in [4.69, 9.17) is 37.4 Å². The third-order valence-corrected chi connectivity index (χ3v) is 6.81. The molecular weight excluding hydrogens is 499 g/mol. The molecule has 5 atom stereocenters. The molecule has 3 rings (SSSR count). The van der Waals surface area contributed by atoms with Gasteiger partial charge in [0.2, 0.25) is 0 Å². The summed E-state index contributed by atoms with van der Waals surface area (Å²) in [6.07, 6.45) is -0.807. The number of fused-ring (bicyclic) bond motifs is 1. The predicted octanol–water partition coefficient (Wildman–Crippen LogP) is 3.75. The van der Waals surface area contributed by atoms with Crippen molar-refractivity contribution in [3.8, 4) is 0 Å². The average Bonchev–Trinajstić information content (AvgIpc) is 3.42. The number of ether oxygens (including phenoxy) is 3. The smallest absolute Gasteiger partial charge is 0.408 e. The van der Waals surface area contributed by atoms with E-state index >= 15 is 0 Å². The molecule has 1 aromatic rings. The lowest BCUT2D eigenvalue weighted by atomic mass is 9.88. The fraction of sp³-hybridized carbons (Fsp3) is 0.583. The summed E-state index contributed by atoms with van der Waals surface area (Å²) in [6.45, 7) is 8.63. The molecule has 0 aromatic heterocycles. The lowest BCUT2D eigenvalue weighted by Crippen LogP contribution is -2.59. The number of carbonyl (C=O) groups is 4. The topological polar surface area (TPSA) is 120 Å². The Morgan fingerprint density at radius 1 is 1.06 bits per heavy atom. The van der Waals surface area contributed by atoms with Gasteiger partial charge in [-0.1, -0.05) is 23.2 Å². The molecule has 2 aliphatic carbocycles. The van der Waals surface area contributed by atoms with Gasteiger partial charge in [-0.2, -0.15) is 0 Å². The molecule has 0 radical (unpaired) electrons. The quantitative estimate of drug-likeness (QED) is 0.408. The Hall–Kier alpha value is -2.52. The zero-order valence-corrected chi connectivity index (χ0v) is 21.8. The third kappa shape index (κ3) is 5.67. The highest BCUT2D eigenvalue weighted by molar-refractivity contribution is 6.42. The first kappa shape index (κ1) is 27.1. The second kappa shape index (κ2) is 10.2. The zero-order valence-electron chi connectivity index (χ0n) is 20.3. The van der Waals surface area contributed by atoms with E-state index in [1.807, 2.05) is 0 Å². The van der Waals surface area contributed by atoms with E-state index in [-0.39, 0.29) is 30.2 Å². The van der Waals surface area contributed by atoms with E-state index in [1.165, 1.54) is 18.2 Å². The molecule has 2 aliphatic rings. The molecule has 0 spiro atoms. The van der Waals surface area contributed by atoms with E-state index in [0.29, 0.717) is 5.02 Å². The SMILES string of the molecule is CCOC(=O)C1C2C(NC(=O)c3ccc(Cl)c(Cl)c3)CC(NC(=O)OC(C)(C)C)(C(=O)OCC)C12. The van der Waals surface area contributed by atoms with Crippen LogP contribution in [-0.2, 0) is 23.8 Å². The van der Waals surface area contributed by atoms with Crippen molar-refractivity contribution < 1.29 is 33.4 Å². The highest BCUT2D eigenvalue weighted by atomic mass is 35.5. The third-order valence-electron chi connectivity index (χ3n) is 6.07. The van der Waals surface area contributed by atoms with Gasteiger partial charge in [0.05, 0.1) is 29.2 Å². The number of halogens is 2. The van der Waals surface area contributed by atoms with Gasteiger partial charge < -0.3 is 24.8 Å². The number of benzene rings is 1. The minimum absolute atomic E-state index is 0.0172. The van der Waals surface area contributed by atoms with Crippen molar-refractivity contribution in [2.75, 3.05) is 13.2 Å². The second-order valence-electron chi connectivity index (χ2n) is 9.61. The number of amides is 2. The molecule has 0 aliphatic heterocycles. The van der Waals surface area contributed by atoms with Crippen molar-refractivity contribution >= 4 is 47.1 Å². The molecule has 2 amide bonds. The maximum absolute atomic E-state index is 13.2. The molecule has 0 bridgehead atoms. The number of rotatable bonds is 7. The van der Waals surface area contributed by atoms with Gasteiger partial charge in [-0.05, 0) is 58.7 Å². The van der Waals surface area contributed by atoms with Crippen LogP contribution < -0.4 is 10.6 Å². The Kier molecular flexibility index (Phi) is 7.91. The normalized spacial score (nSPS) is 26.8. The predicted molar refractivity (Wildman–Crippen MR) is 128 cm³/mol. The van der Waals surface area contributed by atoms with E-state index in [2.05, 4.69) is 10.6 Å². The fourth-order valence-electron chi connectivity index (χ4n) is 4.82. The van der Waals surface area contributed by atoms with Gasteiger partial charge in [0, 0.05) is 23.9 Å². The molecule has 1 aromatic carbocycles. The second-order valence-corrected chi connectivity index (χ2v) is 10.4. The summed E-state index contributed by atoms with van der Waals surface area (Å²) >= 11 is 12.0. The molecule has 2 N–H and O–H groups in total. The van der Waals surface area contributed by atoms with Gasteiger partial charge in [-0.3, -0.25) is 9.59 Å². The summed E-state index contributed by atoms with van der Waals surface area (Å²) in [7, 11) is 0. The van der Waals surface area contributed by atoms with E-state index in [9.17, 15) is 19.2 Å². The molecule has 5 unspecified atom stereocenters. The van der Waals surface area contributed by atoms with Crippen molar-refractivity contribution in [3.63, 3.8) is 0 Å². The molecule has 0 heterocycles. The van der Waals surface area contributed by atoms with Gasteiger partial charge in [-0.15, -0.1) is 0 Å². The fourth-order valence-corrected chi connectivity index (χ4v) is 5.12. The number of nitrogens with one attached hydrogen (secondary N) is 2. The summed E-state index contributed by atoms with van der Waals surface area (Å²) in [5, 5.41) is 6.08. The van der Waals surface area contributed by atoms with Crippen LogP contribution in [0.4, 0.5) is 4.79 Å². The van der Waals surface area contributed by atoms with Gasteiger partial charge in [0.1, 0.15) is 11.1 Å². The molecule has 192 valence electrons. The summed E-state index contributed by atoms with van der Waals surface area (Å²) in [6, 6.07) is 3.82. The molecule has 9 nitrogen and oxygen atoms in total. The van der Waals surface area contributed by atoms with Crippen LogP contribution in [0.3, 0.4) is 0 Å². The molecule has 0 saturated heterocycles. The van der Waals surface area contributed by atoms with Crippen molar-refractivity contribution in [1.82, 2.24) is 10.6 Å². The Labute approximate surface area is 214 Å². The van der Waals surface area contributed by atoms with Crippen molar-refractivity contribution in [2.24, 2.45) is 17.8 Å². The van der Waals surface area contributed by atoms with Gasteiger partial charge in [0.15, 0.2) is 0 Å². The van der Waals surface area contributed by atoms with Crippen molar-refractivity contribution in [3.05, 3.63) is 33.8 Å². The summed E-state index contributed by atoms with van der Waals surface area (Å²) < 4.78 is 15.9. The highest BCUT2D eigenvalue weighted by Gasteiger charge is 2.76. The van der Waals surface area contributed by atoms with Crippen LogP contribution in [0.2, 0.25) is 10.0 Å². The van der Waals surface area contributed by atoms with Gasteiger partial charge >= 0.3 is 18.0 Å². The number of carbonyl (C=O) groups excluding carboxylic acids is 4. The Balaban J connectivity index is 1.93. The summed E-state index contributed by atoms with van der Waals surface area (Å²) in [4.78, 5) is 51.7. The Morgan fingerprint density at radius 2 is 1.71 bits per heavy atom. The van der Waals surface area contributed by atoms with Crippen LogP contribution in [0.15, 0.2) is 18.2 Å². The maximum Gasteiger partial charge on any atom is 0.408 e. The van der Waals surface area contributed by atoms with E-state index in [0.717, 1.165) is 0 Å². The maximum atomic E-state index is 13.2. The van der Waals surface area contributed by atoms with E-state index < -0.39 is 58.9 Å². The molecule has 11 heteroatoms. The molecule has 35 heavy (non-hydrogen) atoms.